The van der Waals surface area contributed by atoms with Crippen molar-refractivity contribution >= 4 is 17.2 Å². The van der Waals surface area contributed by atoms with E-state index in [0.29, 0.717) is 36.4 Å². The van der Waals surface area contributed by atoms with E-state index in [2.05, 4.69) is 27.3 Å². The van der Waals surface area contributed by atoms with Crippen LogP contribution in [0.25, 0.3) is 27.2 Å². The average Bonchev–Trinajstić information content (AvgIpc) is 2.87. The van der Waals surface area contributed by atoms with Crippen molar-refractivity contribution in [2.75, 3.05) is 12.3 Å². The summed E-state index contributed by atoms with van der Waals surface area (Å²) in [6.07, 6.45) is 2.00. The lowest BCUT2D eigenvalue weighted by atomic mass is 9.98. The Morgan fingerprint density at radius 2 is 1.67 bits per heavy atom. The van der Waals surface area contributed by atoms with Crippen molar-refractivity contribution in [3.05, 3.63) is 114 Å². The van der Waals surface area contributed by atoms with Gasteiger partial charge in [0, 0.05) is 42.5 Å². The summed E-state index contributed by atoms with van der Waals surface area (Å²) in [6, 6.07) is 27.2. The second kappa shape index (κ2) is 10.4. The minimum absolute atomic E-state index is 0.0401. The molecule has 0 saturated heterocycles. The molecule has 1 heterocycles. The zero-order chi connectivity index (χ0) is 23.0. The van der Waals surface area contributed by atoms with Crippen molar-refractivity contribution in [2.45, 2.75) is 13.0 Å². The number of nitrogens with zero attached hydrogens (tertiary/aromatic N) is 2. The van der Waals surface area contributed by atoms with Gasteiger partial charge in [-0.05, 0) is 34.9 Å². The van der Waals surface area contributed by atoms with E-state index >= 15 is 0 Å². The van der Waals surface area contributed by atoms with E-state index in [4.69, 9.17) is 12.3 Å². The first-order valence-corrected chi connectivity index (χ1v) is 10.8. The number of benzene rings is 3. The van der Waals surface area contributed by atoms with Gasteiger partial charge in [-0.1, -0.05) is 66.7 Å². The predicted molar refractivity (Wildman–Crippen MR) is 133 cm³/mol. The van der Waals surface area contributed by atoms with Crippen molar-refractivity contribution in [1.29, 1.82) is 0 Å². The average molecular weight is 433 g/mol. The molecule has 0 amide bonds. The molecule has 0 aliphatic heterocycles. The monoisotopic (exact) mass is 432 g/mol. The summed E-state index contributed by atoms with van der Waals surface area (Å²) >= 11 is 0. The Morgan fingerprint density at radius 1 is 0.939 bits per heavy atom. The van der Waals surface area contributed by atoms with Crippen molar-refractivity contribution in [3.63, 3.8) is 0 Å². The van der Waals surface area contributed by atoms with E-state index in [1.165, 1.54) is 0 Å². The molecule has 0 unspecified atom stereocenters. The van der Waals surface area contributed by atoms with Crippen molar-refractivity contribution in [2.24, 2.45) is 0 Å². The summed E-state index contributed by atoms with van der Waals surface area (Å²) in [5.41, 5.74) is 12.4. The fourth-order valence-corrected chi connectivity index (χ4v) is 3.68. The van der Waals surface area contributed by atoms with E-state index < -0.39 is 0 Å². The molecule has 0 aliphatic rings. The van der Waals surface area contributed by atoms with Crippen LogP contribution in [0.1, 0.15) is 22.3 Å². The number of nitrogen functional groups attached to an aromatic ring is 1. The second-order valence-corrected chi connectivity index (χ2v) is 7.70. The van der Waals surface area contributed by atoms with Crippen LogP contribution in [-0.2, 0) is 6.54 Å². The Morgan fingerprint density at radius 3 is 2.39 bits per heavy atom. The summed E-state index contributed by atoms with van der Waals surface area (Å²) < 4.78 is 0. The maximum atomic E-state index is 12.3. The summed E-state index contributed by atoms with van der Waals surface area (Å²) in [7, 11) is 0. The van der Waals surface area contributed by atoms with E-state index in [-0.39, 0.29) is 5.78 Å². The van der Waals surface area contributed by atoms with Crippen molar-refractivity contribution in [1.82, 2.24) is 10.3 Å². The van der Waals surface area contributed by atoms with Crippen LogP contribution in [-0.4, -0.2) is 17.3 Å². The Labute approximate surface area is 193 Å². The third kappa shape index (κ3) is 5.32. The van der Waals surface area contributed by atoms with Gasteiger partial charge in [-0.25, -0.2) is 4.85 Å². The number of aromatic nitrogens is 1. The van der Waals surface area contributed by atoms with Gasteiger partial charge >= 0.3 is 0 Å². The van der Waals surface area contributed by atoms with Gasteiger partial charge in [0.25, 0.3) is 0 Å². The number of nitrogens with one attached hydrogen (secondary N) is 1. The minimum Gasteiger partial charge on any atom is -0.398 e. The molecule has 0 bridgehead atoms. The molecule has 5 nitrogen and oxygen atoms in total. The van der Waals surface area contributed by atoms with Crippen LogP contribution >= 0.6 is 0 Å². The Kier molecular flexibility index (Phi) is 6.89. The van der Waals surface area contributed by atoms with Gasteiger partial charge in [-0.3, -0.25) is 9.78 Å². The lowest BCUT2D eigenvalue weighted by molar-refractivity contribution is 0.0983. The topological polar surface area (TPSA) is 72.4 Å². The van der Waals surface area contributed by atoms with Gasteiger partial charge in [0.15, 0.2) is 5.78 Å². The molecular weight excluding hydrogens is 408 g/mol. The first kappa shape index (κ1) is 21.9. The number of pyridine rings is 1. The normalized spacial score (nSPS) is 10.5. The molecule has 0 saturated carbocycles. The number of Topliss-reactive ketones (excluding diaryl/α,β-unsaturated/α-hetero) is 1. The van der Waals surface area contributed by atoms with Crippen LogP contribution in [0.5, 0.6) is 0 Å². The van der Waals surface area contributed by atoms with Crippen LogP contribution in [0, 0.1) is 6.57 Å². The Hall–Kier alpha value is -4.27. The molecular formula is C28H24N4O. The highest BCUT2D eigenvalue weighted by Crippen LogP contribution is 2.33. The number of nitrogens with two attached hydrogens (primary N) is 1. The minimum atomic E-state index is 0.0401. The van der Waals surface area contributed by atoms with E-state index in [1.54, 1.807) is 18.3 Å². The van der Waals surface area contributed by atoms with Crippen LogP contribution in [0.15, 0.2) is 91.1 Å². The highest BCUT2D eigenvalue weighted by atomic mass is 16.1. The Bertz CT molecular complexity index is 1290. The van der Waals surface area contributed by atoms with Crippen LogP contribution in [0.4, 0.5) is 11.4 Å². The summed E-state index contributed by atoms with van der Waals surface area (Å²) in [5.74, 6) is 0.0401. The van der Waals surface area contributed by atoms with E-state index in [0.717, 1.165) is 27.9 Å². The molecule has 162 valence electrons. The number of ketones is 1. The predicted octanol–water partition coefficient (Wildman–Crippen LogP) is 5.91. The Balaban J connectivity index is 1.41. The second-order valence-electron chi connectivity index (χ2n) is 7.70. The third-order valence-corrected chi connectivity index (χ3v) is 5.43. The number of rotatable bonds is 8. The molecule has 5 heteroatoms. The van der Waals surface area contributed by atoms with E-state index in [9.17, 15) is 4.79 Å². The SMILES string of the molecule is [C-]#[N+]c1cnc(-c2ccc(CNCCC(=O)c3ccccc3N)cc2)c(-c2ccccc2)c1. The first-order valence-electron chi connectivity index (χ1n) is 10.8. The van der Waals surface area contributed by atoms with Crippen LogP contribution in [0.3, 0.4) is 0 Å². The summed E-state index contributed by atoms with van der Waals surface area (Å²) in [4.78, 5) is 20.4. The molecule has 3 N–H and O–H groups in total. The fourth-order valence-electron chi connectivity index (χ4n) is 3.68. The molecule has 0 fully saturated rings. The molecule has 4 aromatic rings. The van der Waals surface area contributed by atoms with Gasteiger partial charge < -0.3 is 11.1 Å². The zero-order valence-electron chi connectivity index (χ0n) is 18.2. The largest absolute Gasteiger partial charge is 0.398 e. The van der Waals surface area contributed by atoms with Crippen LogP contribution in [0.2, 0.25) is 0 Å². The van der Waals surface area contributed by atoms with E-state index in [1.807, 2.05) is 60.7 Å². The number of anilines is 1. The lowest BCUT2D eigenvalue weighted by Crippen LogP contribution is -2.18. The third-order valence-electron chi connectivity index (χ3n) is 5.43. The van der Waals surface area contributed by atoms with Gasteiger partial charge in [-0.15, -0.1) is 0 Å². The molecule has 1 aromatic heterocycles. The van der Waals surface area contributed by atoms with Gasteiger partial charge in [0.1, 0.15) is 0 Å². The summed E-state index contributed by atoms with van der Waals surface area (Å²) in [6.45, 7) is 8.56. The molecule has 33 heavy (non-hydrogen) atoms. The number of para-hydroxylation sites is 1. The van der Waals surface area contributed by atoms with Gasteiger partial charge in [0.05, 0.1) is 12.3 Å². The molecule has 3 aromatic carbocycles. The van der Waals surface area contributed by atoms with Crippen molar-refractivity contribution < 1.29 is 4.79 Å². The lowest BCUT2D eigenvalue weighted by Gasteiger charge is -2.11. The first-order chi connectivity index (χ1) is 16.2. The maximum Gasteiger partial charge on any atom is 0.205 e. The summed E-state index contributed by atoms with van der Waals surface area (Å²) in [5, 5.41) is 3.32. The number of carbonyl (C=O) groups excluding carboxylic acids is 1. The highest BCUT2D eigenvalue weighted by molar-refractivity contribution is 6.00. The van der Waals surface area contributed by atoms with Gasteiger partial charge in [0.2, 0.25) is 5.69 Å². The zero-order valence-corrected chi connectivity index (χ0v) is 18.2. The smallest absolute Gasteiger partial charge is 0.205 e. The maximum absolute atomic E-state index is 12.3. The quantitative estimate of drug-likeness (QED) is 0.157. The number of hydrogen-bond donors (Lipinski definition) is 2. The molecule has 0 aliphatic carbocycles. The molecule has 0 atom stereocenters. The molecule has 0 radical (unpaired) electrons. The number of carbonyl (C=O) groups is 1. The molecule has 0 spiro atoms. The van der Waals surface area contributed by atoms with Gasteiger partial charge in [-0.2, -0.15) is 0 Å². The number of hydrogen-bond acceptors (Lipinski definition) is 4. The standard InChI is InChI=1S/C28H24N4O/c1-30-23-17-25(21-7-3-2-4-8-21)28(32-19-23)22-13-11-20(12-14-22)18-31-16-15-27(33)24-9-5-6-10-26(24)29/h2-14,17,19,31H,15-16,18,29H2. The highest BCUT2D eigenvalue weighted by Gasteiger charge is 2.11. The fraction of sp³-hybridized carbons (Fsp3) is 0.107. The van der Waals surface area contributed by atoms with Crippen molar-refractivity contribution in [3.8, 4) is 22.4 Å². The molecule has 4 rings (SSSR count). The van der Waals surface area contributed by atoms with Crippen LogP contribution < -0.4 is 11.1 Å².